The van der Waals surface area contributed by atoms with Crippen LogP contribution >= 0.6 is 0 Å². The second kappa shape index (κ2) is 5.66. The van der Waals surface area contributed by atoms with E-state index in [9.17, 15) is 17.3 Å². The first-order chi connectivity index (χ1) is 7.47. The Morgan fingerprint density at radius 2 is 1.65 bits per heavy atom. The van der Waals surface area contributed by atoms with E-state index in [0.717, 1.165) is 29.2 Å². The van der Waals surface area contributed by atoms with E-state index in [2.05, 4.69) is 5.10 Å². The van der Waals surface area contributed by atoms with Gasteiger partial charge in [0.2, 0.25) is 0 Å². The predicted octanol–water partition coefficient (Wildman–Crippen LogP) is -0.930. The molecule has 1 aromatic carbocycles. The molecule has 0 saturated carbocycles. The monoisotopic (exact) mass is 268 g/mol. The summed E-state index contributed by atoms with van der Waals surface area (Å²) in [5, 5.41) is 3.57. The number of rotatable bonds is 2. The van der Waals surface area contributed by atoms with Crippen LogP contribution in [0.25, 0.3) is 5.69 Å². The Bertz CT molecular complexity index is 494. The smallest absolute Gasteiger partial charge is 0.445 e. The van der Waals surface area contributed by atoms with Crippen LogP contribution < -0.4 is 56.8 Å². The molecule has 0 N–H and O–H groups in total. The summed E-state index contributed by atoms with van der Waals surface area (Å²) in [6.45, 7) is -5.05. The van der Waals surface area contributed by atoms with Crippen molar-refractivity contribution in [3.8, 4) is 5.69 Å². The Kier molecular flexibility index (Phi) is 4.97. The molecule has 0 radical (unpaired) electrons. The van der Waals surface area contributed by atoms with Gasteiger partial charge < -0.3 is 12.9 Å². The number of nitrogens with zero attached hydrogens (tertiary/aromatic N) is 2. The van der Waals surface area contributed by atoms with Crippen molar-refractivity contribution in [3.63, 3.8) is 0 Å². The zero-order valence-corrected chi connectivity index (χ0v) is 12.1. The molecule has 84 valence electrons. The van der Waals surface area contributed by atoms with Crippen LogP contribution in [0.2, 0.25) is 0 Å². The fraction of sp³-hybridized carbons (Fsp3) is 0. The van der Waals surface area contributed by atoms with Crippen LogP contribution in [0, 0.1) is 5.82 Å². The maximum atomic E-state index is 12.6. The van der Waals surface area contributed by atoms with Crippen LogP contribution in [0.1, 0.15) is 0 Å². The van der Waals surface area contributed by atoms with Crippen LogP contribution in [0.3, 0.4) is 0 Å². The van der Waals surface area contributed by atoms with Gasteiger partial charge in [0.25, 0.3) is 0 Å². The van der Waals surface area contributed by atoms with Crippen LogP contribution in [-0.4, -0.2) is 16.8 Å². The first-order valence-electron chi connectivity index (χ1n) is 4.47. The first kappa shape index (κ1) is 14.9. The van der Waals surface area contributed by atoms with Gasteiger partial charge in [-0.2, -0.15) is 5.10 Å². The largest absolute Gasteiger partial charge is 1.00 e. The average Bonchev–Trinajstić information content (AvgIpc) is 2.67. The number of aromatic nitrogens is 2. The average molecular weight is 268 g/mol. The quantitative estimate of drug-likeness (QED) is 0.508. The van der Waals surface area contributed by atoms with Crippen molar-refractivity contribution in [2.24, 2.45) is 0 Å². The third-order valence-electron chi connectivity index (χ3n) is 2.07. The van der Waals surface area contributed by atoms with Crippen molar-refractivity contribution >= 4 is 12.4 Å². The number of benzene rings is 1. The molecule has 2 nitrogen and oxygen atoms in total. The minimum absolute atomic E-state index is 0. The Hall–Kier alpha value is -0.149. The van der Waals surface area contributed by atoms with Gasteiger partial charge in [-0.15, -0.1) is 0 Å². The Morgan fingerprint density at radius 1 is 1.06 bits per heavy atom. The fourth-order valence-electron chi connectivity index (χ4n) is 1.24. The van der Waals surface area contributed by atoms with Crippen molar-refractivity contribution in [2.45, 2.75) is 0 Å². The zero-order valence-electron chi connectivity index (χ0n) is 8.95. The molecule has 2 rings (SSSR count). The Morgan fingerprint density at radius 3 is 2.12 bits per heavy atom. The second-order valence-corrected chi connectivity index (χ2v) is 3.27. The van der Waals surface area contributed by atoms with E-state index < -0.39 is 18.3 Å². The molecule has 0 unspecified atom stereocenters. The van der Waals surface area contributed by atoms with Gasteiger partial charge in [0.15, 0.2) is 0 Å². The van der Waals surface area contributed by atoms with Crippen LogP contribution in [0.15, 0.2) is 36.7 Å². The van der Waals surface area contributed by atoms with E-state index in [1.807, 2.05) is 0 Å². The standard InChI is InChI=1S/C9H6BF4N2.K/c11-8-1-3-9(4-2-8)16-6-7(5-15-16)10(12,13)14;/h1-6H;/q-1;+1. The van der Waals surface area contributed by atoms with Crippen molar-refractivity contribution < 1.29 is 68.7 Å². The maximum absolute atomic E-state index is 12.6. The SMILES string of the molecule is Fc1ccc(-n2cc([B-](F)(F)F)cn2)cc1.[K+]. The molecule has 0 fully saturated rings. The van der Waals surface area contributed by atoms with Gasteiger partial charge in [0.1, 0.15) is 5.82 Å². The van der Waals surface area contributed by atoms with Gasteiger partial charge in [-0.3, -0.25) is 0 Å². The molecule has 0 aliphatic carbocycles. The van der Waals surface area contributed by atoms with Gasteiger partial charge in [0.05, 0.1) is 5.69 Å². The Balaban J connectivity index is 0.00000144. The van der Waals surface area contributed by atoms with Gasteiger partial charge in [-0.05, 0) is 24.3 Å². The van der Waals surface area contributed by atoms with Gasteiger partial charge in [0, 0.05) is 12.4 Å². The van der Waals surface area contributed by atoms with Crippen molar-refractivity contribution in [3.05, 3.63) is 42.5 Å². The van der Waals surface area contributed by atoms with Crippen molar-refractivity contribution in [1.29, 1.82) is 0 Å². The molecular weight excluding hydrogens is 262 g/mol. The fourth-order valence-corrected chi connectivity index (χ4v) is 1.24. The summed E-state index contributed by atoms with van der Waals surface area (Å²) in [5.41, 5.74) is -0.392. The molecule has 8 heteroatoms. The van der Waals surface area contributed by atoms with Crippen LogP contribution in [0.5, 0.6) is 0 Å². The van der Waals surface area contributed by atoms with Gasteiger partial charge >= 0.3 is 58.4 Å². The minimum atomic E-state index is -5.05. The topological polar surface area (TPSA) is 17.8 Å². The molecule has 0 atom stereocenters. The molecule has 1 aromatic heterocycles. The molecule has 17 heavy (non-hydrogen) atoms. The molecule has 2 aromatic rings. The molecule has 0 saturated heterocycles. The number of hydrogen-bond acceptors (Lipinski definition) is 1. The summed E-state index contributed by atoms with van der Waals surface area (Å²) in [6, 6.07) is 5.04. The first-order valence-corrected chi connectivity index (χ1v) is 4.47. The van der Waals surface area contributed by atoms with Gasteiger partial charge in [-0.1, -0.05) is 5.46 Å². The summed E-state index contributed by atoms with van der Waals surface area (Å²) >= 11 is 0. The number of hydrogen-bond donors (Lipinski definition) is 0. The summed E-state index contributed by atoms with van der Waals surface area (Å²) in [4.78, 5) is 0. The molecule has 0 aliphatic rings. The van der Waals surface area contributed by atoms with E-state index in [1.165, 1.54) is 12.1 Å². The van der Waals surface area contributed by atoms with E-state index >= 15 is 0 Å². The van der Waals surface area contributed by atoms with Crippen molar-refractivity contribution in [2.75, 3.05) is 0 Å². The molecule has 0 spiro atoms. The van der Waals surface area contributed by atoms with E-state index in [-0.39, 0.29) is 51.4 Å². The molecule has 1 heterocycles. The maximum Gasteiger partial charge on any atom is 1.00 e. The van der Waals surface area contributed by atoms with Crippen LogP contribution in [-0.2, 0) is 0 Å². The summed E-state index contributed by atoms with van der Waals surface area (Å²) in [7, 11) is 0. The van der Waals surface area contributed by atoms with Gasteiger partial charge in [-0.25, -0.2) is 9.07 Å². The molecular formula is C9H6BF4KN2. The van der Waals surface area contributed by atoms with Crippen molar-refractivity contribution in [1.82, 2.24) is 9.78 Å². The number of halogens is 4. The third kappa shape index (κ3) is 3.65. The summed E-state index contributed by atoms with van der Waals surface area (Å²) in [5.74, 6) is -0.448. The van der Waals surface area contributed by atoms with E-state index in [4.69, 9.17) is 0 Å². The summed E-state index contributed by atoms with van der Waals surface area (Å²) < 4.78 is 50.6. The summed E-state index contributed by atoms with van der Waals surface area (Å²) in [6.07, 6.45) is 1.64. The minimum Gasteiger partial charge on any atom is -0.445 e. The van der Waals surface area contributed by atoms with E-state index in [1.54, 1.807) is 0 Å². The third-order valence-corrected chi connectivity index (χ3v) is 2.07. The normalized spacial score (nSPS) is 11.1. The zero-order chi connectivity index (χ0) is 11.8. The molecule has 0 bridgehead atoms. The Labute approximate surface area is 137 Å². The predicted molar refractivity (Wildman–Crippen MR) is 52.2 cm³/mol. The van der Waals surface area contributed by atoms with E-state index in [0.29, 0.717) is 5.69 Å². The molecule has 0 aliphatic heterocycles. The van der Waals surface area contributed by atoms with Crippen LogP contribution in [0.4, 0.5) is 17.3 Å². The second-order valence-electron chi connectivity index (χ2n) is 3.27. The molecule has 0 amide bonds.